The van der Waals surface area contributed by atoms with Crippen LogP contribution < -0.4 is 11.2 Å². The van der Waals surface area contributed by atoms with Gasteiger partial charge in [0.15, 0.2) is 0 Å². The van der Waals surface area contributed by atoms with Gasteiger partial charge in [0, 0.05) is 31.5 Å². The Balaban J connectivity index is 1.58. The van der Waals surface area contributed by atoms with Crippen molar-refractivity contribution in [2.45, 2.75) is 19.3 Å². The standard InChI is InChI=1S/C18H21N5O4S/c1-28(26,27)21-6-2-13(3-7-21)10-14-4-9-23-15(11-14)16(12-19-23)22-8-5-17(24)20-18(22)25/h4-5,8-9,11-13H,2-3,6-7,10H2,1H3,(H,20,24,25). The van der Waals surface area contributed by atoms with Crippen molar-refractivity contribution in [1.82, 2.24) is 23.5 Å². The summed E-state index contributed by atoms with van der Waals surface area (Å²) in [6.07, 6.45) is 8.60. The van der Waals surface area contributed by atoms with Gasteiger partial charge in [-0.15, -0.1) is 0 Å². The minimum Gasteiger partial charge on any atom is -0.274 e. The van der Waals surface area contributed by atoms with Crippen molar-refractivity contribution in [2.75, 3.05) is 19.3 Å². The van der Waals surface area contributed by atoms with Gasteiger partial charge in [-0.25, -0.2) is 22.0 Å². The summed E-state index contributed by atoms with van der Waals surface area (Å²) in [5.41, 5.74) is 1.50. The Morgan fingerprint density at radius 3 is 2.61 bits per heavy atom. The number of aromatic nitrogens is 4. The number of sulfonamides is 1. The lowest BCUT2D eigenvalue weighted by Crippen LogP contribution is -2.38. The van der Waals surface area contributed by atoms with Crippen LogP contribution >= 0.6 is 0 Å². The molecule has 9 nitrogen and oxygen atoms in total. The van der Waals surface area contributed by atoms with Crippen molar-refractivity contribution >= 4 is 15.5 Å². The molecule has 0 unspecified atom stereocenters. The van der Waals surface area contributed by atoms with Gasteiger partial charge in [-0.3, -0.25) is 14.3 Å². The van der Waals surface area contributed by atoms with Gasteiger partial charge < -0.3 is 0 Å². The summed E-state index contributed by atoms with van der Waals surface area (Å²) in [5.74, 6) is 0.405. The van der Waals surface area contributed by atoms with Crippen molar-refractivity contribution in [3.05, 3.63) is 63.2 Å². The normalized spacial score (nSPS) is 16.6. The van der Waals surface area contributed by atoms with Crippen LogP contribution in [0.5, 0.6) is 0 Å². The minimum atomic E-state index is -3.12. The number of fused-ring (bicyclic) bond motifs is 1. The van der Waals surface area contributed by atoms with Crippen LogP contribution in [0, 0.1) is 5.92 Å². The molecule has 4 rings (SSSR count). The number of nitrogens with one attached hydrogen (secondary N) is 1. The van der Waals surface area contributed by atoms with Crippen molar-refractivity contribution in [3.8, 4) is 5.69 Å². The SMILES string of the molecule is CS(=O)(=O)N1CCC(Cc2ccn3ncc(-n4ccc(=O)[nH]c4=O)c3c2)CC1. The molecular weight excluding hydrogens is 382 g/mol. The lowest BCUT2D eigenvalue weighted by Gasteiger charge is -2.30. The number of hydrogen-bond acceptors (Lipinski definition) is 5. The molecule has 3 aromatic heterocycles. The second-order valence-corrected chi connectivity index (χ2v) is 9.17. The van der Waals surface area contributed by atoms with E-state index in [1.807, 2.05) is 18.3 Å². The maximum absolute atomic E-state index is 12.1. The Morgan fingerprint density at radius 1 is 1.18 bits per heavy atom. The quantitative estimate of drug-likeness (QED) is 0.678. The van der Waals surface area contributed by atoms with Crippen LogP contribution in [0.25, 0.3) is 11.2 Å². The maximum atomic E-state index is 12.1. The number of pyridine rings is 1. The van der Waals surface area contributed by atoms with Crippen LogP contribution in [0.2, 0.25) is 0 Å². The first kappa shape index (κ1) is 18.6. The third kappa shape index (κ3) is 3.65. The fourth-order valence-corrected chi connectivity index (χ4v) is 4.58. The molecule has 28 heavy (non-hydrogen) atoms. The molecule has 4 heterocycles. The molecular formula is C18H21N5O4S. The summed E-state index contributed by atoms with van der Waals surface area (Å²) in [6.45, 7) is 1.10. The molecule has 148 valence electrons. The van der Waals surface area contributed by atoms with Crippen molar-refractivity contribution in [3.63, 3.8) is 0 Å². The molecule has 0 aromatic carbocycles. The first-order valence-corrected chi connectivity index (χ1v) is 10.9. The zero-order valence-electron chi connectivity index (χ0n) is 15.4. The second kappa shape index (κ2) is 7.02. The van der Waals surface area contributed by atoms with Gasteiger partial charge in [0.1, 0.15) is 0 Å². The van der Waals surface area contributed by atoms with Crippen LogP contribution in [-0.4, -0.2) is 51.2 Å². The molecule has 0 atom stereocenters. The molecule has 0 aliphatic carbocycles. The Bertz CT molecular complexity index is 1230. The highest BCUT2D eigenvalue weighted by Gasteiger charge is 2.25. The van der Waals surface area contributed by atoms with E-state index in [1.54, 1.807) is 10.7 Å². The summed E-state index contributed by atoms with van der Waals surface area (Å²) in [7, 11) is -3.12. The topological polar surface area (TPSA) is 110 Å². The summed E-state index contributed by atoms with van der Waals surface area (Å²) >= 11 is 0. The van der Waals surface area contributed by atoms with Gasteiger partial charge in [0.05, 0.1) is 23.7 Å². The van der Waals surface area contributed by atoms with Crippen molar-refractivity contribution < 1.29 is 8.42 Å². The molecule has 1 fully saturated rings. The van der Waals surface area contributed by atoms with Crippen molar-refractivity contribution in [2.24, 2.45) is 5.92 Å². The molecule has 0 amide bonds. The minimum absolute atomic E-state index is 0.405. The van der Waals surface area contributed by atoms with Gasteiger partial charge in [0.2, 0.25) is 10.0 Å². The Morgan fingerprint density at radius 2 is 1.93 bits per heavy atom. The summed E-state index contributed by atoms with van der Waals surface area (Å²) in [6, 6.07) is 5.27. The Labute approximate surface area is 161 Å². The number of aromatic amines is 1. The molecule has 10 heteroatoms. The number of piperidine rings is 1. The molecule has 1 aliphatic rings. The van der Waals surface area contributed by atoms with E-state index >= 15 is 0 Å². The Kier molecular flexibility index (Phi) is 4.68. The van der Waals surface area contributed by atoms with Crippen LogP contribution in [0.1, 0.15) is 18.4 Å². The van der Waals surface area contributed by atoms with E-state index in [0.717, 1.165) is 30.3 Å². The molecule has 1 aliphatic heterocycles. The lowest BCUT2D eigenvalue weighted by atomic mass is 9.91. The number of H-pyrrole nitrogens is 1. The lowest BCUT2D eigenvalue weighted by molar-refractivity contribution is 0.274. The average molecular weight is 403 g/mol. The number of rotatable bonds is 4. The first-order chi connectivity index (χ1) is 13.3. The maximum Gasteiger partial charge on any atom is 0.333 e. The van der Waals surface area contributed by atoms with Gasteiger partial charge in [-0.1, -0.05) is 0 Å². The summed E-state index contributed by atoms with van der Waals surface area (Å²) in [5, 5.41) is 4.28. The third-order valence-electron chi connectivity index (χ3n) is 5.22. The van der Waals surface area contributed by atoms with Gasteiger partial charge in [-0.2, -0.15) is 5.10 Å². The second-order valence-electron chi connectivity index (χ2n) is 7.18. The number of nitrogens with zero attached hydrogens (tertiary/aromatic N) is 4. The predicted molar refractivity (Wildman–Crippen MR) is 104 cm³/mol. The average Bonchev–Trinajstić information content (AvgIpc) is 3.04. The van der Waals surface area contributed by atoms with Crippen molar-refractivity contribution in [1.29, 1.82) is 0 Å². The smallest absolute Gasteiger partial charge is 0.274 e. The summed E-state index contributed by atoms with van der Waals surface area (Å²) < 4.78 is 27.9. The highest BCUT2D eigenvalue weighted by Crippen LogP contribution is 2.24. The molecule has 0 spiro atoms. The highest BCUT2D eigenvalue weighted by atomic mass is 32.2. The molecule has 1 saturated heterocycles. The monoisotopic (exact) mass is 403 g/mol. The molecule has 0 bridgehead atoms. The van der Waals surface area contributed by atoms with E-state index < -0.39 is 21.3 Å². The largest absolute Gasteiger partial charge is 0.333 e. The first-order valence-electron chi connectivity index (χ1n) is 9.05. The molecule has 0 saturated carbocycles. The summed E-state index contributed by atoms with van der Waals surface area (Å²) in [4.78, 5) is 25.7. The molecule has 0 radical (unpaired) electrons. The van der Waals surface area contributed by atoms with E-state index in [4.69, 9.17) is 0 Å². The molecule has 3 aromatic rings. The zero-order chi connectivity index (χ0) is 19.9. The van der Waals surface area contributed by atoms with Crippen LogP contribution in [-0.2, 0) is 16.4 Å². The van der Waals surface area contributed by atoms with Crippen LogP contribution in [0.3, 0.4) is 0 Å². The predicted octanol–water partition coefficient (Wildman–Crippen LogP) is 0.388. The highest BCUT2D eigenvalue weighted by molar-refractivity contribution is 7.88. The van der Waals surface area contributed by atoms with E-state index in [0.29, 0.717) is 24.7 Å². The van der Waals surface area contributed by atoms with E-state index in [9.17, 15) is 18.0 Å². The van der Waals surface area contributed by atoms with Gasteiger partial charge in [0.25, 0.3) is 5.56 Å². The fraction of sp³-hybridized carbons (Fsp3) is 0.389. The zero-order valence-corrected chi connectivity index (χ0v) is 16.2. The third-order valence-corrected chi connectivity index (χ3v) is 6.52. The van der Waals surface area contributed by atoms with E-state index in [2.05, 4.69) is 10.1 Å². The van der Waals surface area contributed by atoms with Crippen LogP contribution in [0.4, 0.5) is 0 Å². The Hall–Kier alpha value is -2.72. The van der Waals surface area contributed by atoms with Gasteiger partial charge in [-0.05, 0) is 42.9 Å². The van der Waals surface area contributed by atoms with E-state index in [1.165, 1.54) is 27.4 Å². The van der Waals surface area contributed by atoms with Gasteiger partial charge >= 0.3 is 5.69 Å². The number of hydrogen-bond donors (Lipinski definition) is 1. The van der Waals surface area contributed by atoms with Crippen LogP contribution in [0.15, 0.2) is 46.4 Å². The molecule has 1 N–H and O–H groups in total. The fourth-order valence-electron chi connectivity index (χ4n) is 3.71. The van der Waals surface area contributed by atoms with E-state index in [-0.39, 0.29) is 0 Å².